The van der Waals surface area contributed by atoms with E-state index in [9.17, 15) is 0 Å². The van der Waals surface area contributed by atoms with E-state index in [-0.39, 0.29) is 0 Å². The highest BCUT2D eigenvalue weighted by Gasteiger charge is 2.40. The fourth-order valence-electron chi connectivity index (χ4n) is 2.64. The van der Waals surface area contributed by atoms with Gasteiger partial charge in [0.05, 0.1) is 24.2 Å². The Balaban J connectivity index is 1.57. The Morgan fingerprint density at radius 3 is 3.13 bits per heavy atom. The normalized spacial score (nSPS) is 33.8. The molecule has 1 aromatic rings. The first-order valence-electron chi connectivity index (χ1n) is 5.67. The topological polar surface area (TPSA) is 39.1 Å². The fraction of sp³-hybridized carbons (Fsp3) is 0.727. The molecule has 0 saturated carbocycles. The Bertz CT molecular complexity index is 349. The van der Waals surface area contributed by atoms with Crippen LogP contribution >= 0.6 is 0 Å². The minimum Gasteiger partial charge on any atom is -0.373 e. The van der Waals surface area contributed by atoms with Crippen LogP contribution in [-0.4, -0.2) is 27.8 Å². The third-order valence-corrected chi connectivity index (χ3v) is 3.57. The summed E-state index contributed by atoms with van der Waals surface area (Å²) in [6, 6.07) is 0.554. The van der Waals surface area contributed by atoms with Crippen molar-refractivity contribution in [3.05, 3.63) is 18.2 Å². The van der Waals surface area contributed by atoms with E-state index < -0.39 is 0 Å². The molecule has 0 radical (unpaired) electrons. The van der Waals surface area contributed by atoms with Gasteiger partial charge in [0.15, 0.2) is 0 Å². The van der Waals surface area contributed by atoms with Crippen molar-refractivity contribution in [3.8, 4) is 0 Å². The van der Waals surface area contributed by atoms with E-state index in [2.05, 4.69) is 14.9 Å². The number of nitrogens with zero attached hydrogens (tertiary/aromatic N) is 2. The highest BCUT2D eigenvalue weighted by atomic mass is 16.5. The lowest BCUT2D eigenvalue weighted by Gasteiger charge is -2.19. The number of rotatable bonds is 3. The van der Waals surface area contributed by atoms with Crippen LogP contribution in [0.3, 0.4) is 0 Å². The number of imidazole rings is 1. The van der Waals surface area contributed by atoms with Gasteiger partial charge in [0.2, 0.25) is 0 Å². The van der Waals surface area contributed by atoms with Gasteiger partial charge in [-0.2, -0.15) is 0 Å². The first-order chi connectivity index (χ1) is 7.33. The monoisotopic (exact) mass is 207 g/mol. The van der Waals surface area contributed by atoms with Crippen LogP contribution < -0.4 is 5.32 Å². The van der Waals surface area contributed by atoms with E-state index in [0.717, 1.165) is 6.54 Å². The Kier molecular flexibility index (Phi) is 2.25. The Morgan fingerprint density at radius 2 is 2.53 bits per heavy atom. The number of fused-ring (bicyclic) bond motifs is 2. The van der Waals surface area contributed by atoms with Gasteiger partial charge in [0.25, 0.3) is 0 Å². The van der Waals surface area contributed by atoms with Crippen molar-refractivity contribution < 1.29 is 4.74 Å². The summed E-state index contributed by atoms with van der Waals surface area (Å²) in [7, 11) is 2.03. The number of hydrogen-bond acceptors (Lipinski definition) is 3. The lowest BCUT2D eigenvalue weighted by atomic mass is 9.95. The Morgan fingerprint density at radius 1 is 1.60 bits per heavy atom. The molecule has 0 amide bonds. The second-order valence-electron chi connectivity index (χ2n) is 4.59. The lowest BCUT2D eigenvalue weighted by molar-refractivity contribution is 0.0972. The van der Waals surface area contributed by atoms with Gasteiger partial charge in [-0.05, 0) is 19.3 Å². The van der Waals surface area contributed by atoms with Crippen LogP contribution in [0.2, 0.25) is 0 Å². The summed E-state index contributed by atoms with van der Waals surface area (Å²) in [5, 5.41) is 3.57. The molecule has 1 aromatic heterocycles. The minimum atomic E-state index is 0.461. The number of aromatic nitrogens is 2. The van der Waals surface area contributed by atoms with Gasteiger partial charge in [-0.15, -0.1) is 0 Å². The summed E-state index contributed by atoms with van der Waals surface area (Å²) in [4.78, 5) is 4.11. The van der Waals surface area contributed by atoms with E-state index in [0.29, 0.717) is 18.2 Å². The van der Waals surface area contributed by atoms with Crippen LogP contribution in [0.4, 0.5) is 0 Å². The second-order valence-corrected chi connectivity index (χ2v) is 4.59. The van der Waals surface area contributed by atoms with Crippen molar-refractivity contribution in [1.82, 2.24) is 14.9 Å². The van der Waals surface area contributed by atoms with Crippen molar-refractivity contribution >= 4 is 0 Å². The third-order valence-electron chi connectivity index (χ3n) is 3.57. The number of aryl methyl sites for hydroxylation is 1. The molecule has 2 aliphatic heterocycles. The third kappa shape index (κ3) is 1.68. The fourth-order valence-corrected chi connectivity index (χ4v) is 2.64. The quantitative estimate of drug-likeness (QED) is 0.798. The number of nitrogens with one attached hydrogen (secondary N) is 1. The van der Waals surface area contributed by atoms with Gasteiger partial charge in [0.1, 0.15) is 0 Å². The molecule has 4 heteroatoms. The van der Waals surface area contributed by atoms with Crippen molar-refractivity contribution in [2.75, 3.05) is 0 Å². The molecule has 3 atom stereocenters. The van der Waals surface area contributed by atoms with Gasteiger partial charge >= 0.3 is 0 Å². The summed E-state index contributed by atoms with van der Waals surface area (Å²) in [5.74, 6) is 0. The van der Waals surface area contributed by atoms with E-state index in [1.807, 2.05) is 19.6 Å². The molecule has 3 heterocycles. The predicted molar refractivity (Wildman–Crippen MR) is 56.3 cm³/mol. The van der Waals surface area contributed by atoms with Crippen LogP contribution in [-0.2, 0) is 18.3 Å². The van der Waals surface area contributed by atoms with Crippen LogP contribution in [0, 0.1) is 0 Å². The van der Waals surface area contributed by atoms with E-state index in [4.69, 9.17) is 4.74 Å². The maximum atomic E-state index is 5.80. The molecule has 82 valence electrons. The van der Waals surface area contributed by atoms with Crippen molar-refractivity contribution in [2.24, 2.45) is 7.05 Å². The zero-order valence-electron chi connectivity index (χ0n) is 9.02. The first-order valence-corrected chi connectivity index (χ1v) is 5.67. The molecule has 2 aliphatic rings. The molecule has 3 unspecified atom stereocenters. The van der Waals surface area contributed by atoms with E-state index in [1.54, 1.807) is 0 Å². The molecule has 1 N–H and O–H groups in total. The Labute approximate surface area is 89.6 Å². The van der Waals surface area contributed by atoms with Crippen LogP contribution in [0.15, 0.2) is 12.5 Å². The average Bonchev–Trinajstić information content (AvgIpc) is 2.90. The van der Waals surface area contributed by atoms with Crippen LogP contribution in [0.5, 0.6) is 0 Å². The molecule has 4 nitrogen and oxygen atoms in total. The summed E-state index contributed by atoms with van der Waals surface area (Å²) in [5.41, 5.74) is 1.23. The molecule has 2 saturated heterocycles. The second kappa shape index (κ2) is 3.61. The van der Waals surface area contributed by atoms with Crippen molar-refractivity contribution in [1.29, 1.82) is 0 Å². The van der Waals surface area contributed by atoms with Gasteiger partial charge < -0.3 is 14.6 Å². The van der Waals surface area contributed by atoms with Crippen LogP contribution in [0.1, 0.15) is 25.0 Å². The van der Waals surface area contributed by atoms with Gasteiger partial charge in [-0.25, -0.2) is 4.98 Å². The maximum Gasteiger partial charge on any atom is 0.0945 e. The first kappa shape index (κ1) is 9.36. The van der Waals surface area contributed by atoms with Crippen LogP contribution in [0.25, 0.3) is 0 Å². The number of ether oxygens (including phenoxy) is 1. The smallest absolute Gasteiger partial charge is 0.0945 e. The molecule has 0 aromatic carbocycles. The number of hydrogen-bond donors (Lipinski definition) is 1. The molecular formula is C11H17N3O. The van der Waals surface area contributed by atoms with Crippen molar-refractivity contribution in [3.63, 3.8) is 0 Å². The largest absolute Gasteiger partial charge is 0.373 e. The highest BCUT2D eigenvalue weighted by molar-refractivity contribution is 5.00. The highest BCUT2D eigenvalue weighted by Crippen LogP contribution is 2.34. The molecule has 3 rings (SSSR count). The van der Waals surface area contributed by atoms with Gasteiger partial charge in [-0.1, -0.05) is 0 Å². The Hall–Kier alpha value is -0.870. The zero-order valence-corrected chi connectivity index (χ0v) is 9.02. The summed E-state index contributed by atoms with van der Waals surface area (Å²) in [6.45, 7) is 0.897. The summed E-state index contributed by atoms with van der Waals surface area (Å²) >= 11 is 0. The standard InChI is InChI=1S/C11H17N3O/c1-14-7-12-5-8(14)6-13-10-4-9-2-3-11(10)15-9/h5,7,9-11,13H,2-4,6H2,1H3. The van der Waals surface area contributed by atoms with Gasteiger partial charge in [0, 0.05) is 25.8 Å². The SMILES string of the molecule is Cn1cncc1CNC1CC2CCC1O2. The minimum absolute atomic E-state index is 0.461. The van der Waals surface area contributed by atoms with Crippen molar-refractivity contribution in [2.45, 2.75) is 44.1 Å². The maximum absolute atomic E-state index is 5.80. The molecule has 2 bridgehead atoms. The lowest BCUT2D eigenvalue weighted by Crippen LogP contribution is -2.37. The molecule has 15 heavy (non-hydrogen) atoms. The molecule has 0 aliphatic carbocycles. The molecular weight excluding hydrogens is 190 g/mol. The van der Waals surface area contributed by atoms with E-state index in [1.165, 1.54) is 25.0 Å². The van der Waals surface area contributed by atoms with E-state index >= 15 is 0 Å². The zero-order chi connectivity index (χ0) is 10.3. The molecule has 0 spiro atoms. The average molecular weight is 207 g/mol. The summed E-state index contributed by atoms with van der Waals surface area (Å²) in [6.07, 6.45) is 8.42. The van der Waals surface area contributed by atoms with Gasteiger partial charge in [-0.3, -0.25) is 0 Å². The molecule has 2 fully saturated rings. The summed E-state index contributed by atoms with van der Waals surface area (Å²) < 4.78 is 7.86. The predicted octanol–water partition coefficient (Wildman–Crippen LogP) is 0.830.